The third kappa shape index (κ3) is 2.06. The van der Waals surface area contributed by atoms with E-state index in [0.717, 1.165) is 25.3 Å². The van der Waals surface area contributed by atoms with E-state index < -0.39 is 0 Å². The van der Waals surface area contributed by atoms with E-state index in [1.807, 2.05) is 6.07 Å². The van der Waals surface area contributed by atoms with Crippen molar-refractivity contribution in [3.05, 3.63) is 12.3 Å². The standard InChI is InChI=1S/C8H13N5/c9-8-11-4-2-7(13-8)12-6-1-3-10-5-6/h2,4,6,10H,1,3,5H2,(H3,9,11,12,13). The first-order chi connectivity index (χ1) is 6.34. The van der Waals surface area contributed by atoms with Crippen LogP contribution in [0, 0.1) is 0 Å². The van der Waals surface area contributed by atoms with Gasteiger partial charge in [-0.2, -0.15) is 4.98 Å². The number of aromatic nitrogens is 2. The summed E-state index contributed by atoms with van der Waals surface area (Å²) in [6.07, 6.45) is 2.79. The highest BCUT2D eigenvalue weighted by Gasteiger charge is 2.13. The Bertz CT molecular complexity index is 282. The molecule has 0 aliphatic carbocycles. The minimum atomic E-state index is 0.316. The van der Waals surface area contributed by atoms with Crippen molar-refractivity contribution >= 4 is 11.8 Å². The predicted molar refractivity (Wildman–Crippen MR) is 51.3 cm³/mol. The molecule has 1 aromatic heterocycles. The van der Waals surface area contributed by atoms with Gasteiger partial charge in [-0.05, 0) is 19.0 Å². The maximum atomic E-state index is 5.46. The van der Waals surface area contributed by atoms with Crippen LogP contribution >= 0.6 is 0 Å². The Labute approximate surface area is 76.8 Å². The van der Waals surface area contributed by atoms with Gasteiger partial charge < -0.3 is 16.4 Å². The van der Waals surface area contributed by atoms with Crippen LogP contribution in [0.5, 0.6) is 0 Å². The topological polar surface area (TPSA) is 75.9 Å². The first-order valence-corrected chi connectivity index (χ1v) is 4.40. The van der Waals surface area contributed by atoms with Gasteiger partial charge in [0.05, 0.1) is 0 Å². The van der Waals surface area contributed by atoms with Crippen molar-refractivity contribution in [3.8, 4) is 0 Å². The van der Waals surface area contributed by atoms with Crippen LogP contribution < -0.4 is 16.4 Å². The lowest BCUT2D eigenvalue weighted by Crippen LogP contribution is -2.22. The first-order valence-electron chi connectivity index (χ1n) is 4.40. The molecule has 70 valence electrons. The fraction of sp³-hybridized carbons (Fsp3) is 0.500. The molecule has 2 heterocycles. The van der Waals surface area contributed by atoms with Crippen LogP contribution in [-0.2, 0) is 0 Å². The van der Waals surface area contributed by atoms with E-state index in [1.165, 1.54) is 0 Å². The molecule has 1 unspecified atom stereocenters. The van der Waals surface area contributed by atoms with E-state index in [2.05, 4.69) is 20.6 Å². The van der Waals surface area contributed by atoms with E-state index in [0.29, 0.717) is 12.0 Å². The minimum absolute atomic E-state index is 0.316. The van der Waals surface area contributed by atoms with Gasteiger partial charge in [0.25, 0.3) is 0 Å². The molecule has 0 amide bonds. The van der Waals surface area contributed by atoms with E-state index in [4.69, 9.17) is 5.73 Å². The average molecular weight is 179 g/mol. The summed E-state index contributed by atoms with van der Waals surface area (Å²) in [7, 11) is 0. The molecular formula is C8H13N5. The van der Waals surface area contributed by atoms with Gasteiger partial charge >= 0.3 is 0 Å². The van der Waals surface area contributed by atoms with Crippen molar-refractivity contribution < 1.29 is 0 Å². The number of anilines is 2. The lowest BCUT2D eigenvalue weighted by molar-refractivity contribution is 0.787. The van der Waals surface area contributed by atoms with Gasteiger partial charge in [-0.3, -0.25) is 0 Å². The minimum Gasteiger partial charge on any atom is -0.368 e. The van der Waals surface area contributed by atoms with Crippen molar-refractivity contribution in [1.82, 2.24) is 15.3 Å². The largest absolute Gasteiger partial charge is 0.368 e. The van der Waals surface area contributed by atoms with Crippen molar-refractivity contribution in [2.75, 3.05) is 24.1 Å². The van der Waals surface area contributed by atoms with Crippen molar-refractivity contribution in [2.45, 2.75) is 12.5 Å². The zero-order chi connectivity index (χ0) is 9.10. The van der Waals surface area contributed by atoms with E-state index >= 15 is 0 Å². The summed E-state index contributed by atoms with van der Waals surface area (Å²) >= 11 is 0. The van der Waals surface area contributed by atoms with E-state index in [1.54, 1.807) is 6.20 Å². The molecule has 1 atom stereocenters. The Kier molecular flexibility index (Phi) is 2.27. The number of nitrogens with two attached hydrogens (primary N) is 1. The number of nitrogens with zero attached hydrogens (tertiary/aromatic N) is 2. The maximum absolute atomic E-state index is 5.46. The fourth-order valence-electron chi connectivity index (χ4n) is 1.44. The third-order valence-electron chi connectivity index (χ3n) is 2.09. The molecule has 5 nitrogen and oxygen atoms in total. The molecule has 0 bridgehead atoms. The normalized spacial score (nSPS) is 21.7. The summed E-state index contributed by atoms with van der Waals surface area (Å²) < 4.78 is 0. The summed E-state index contributed by atoms with van der Waals surface area (Å²) in [4.78, 5) is 7.89. The number of hydrogen-bond donors (Lipinski definition) is 3. The number of hydrogen-bond acceptors (Lipinski definition) is 5. The second-order valence-electron chi connectivity index (χ2n) is 3.13. The molecule has 0 saturated carbocycles. The van der Waals surface area contributed by atoms with Crippen LogP contribution in [0.25, 0.3) is 0 Å². The summed E-state index contributed by atoms with van der Waals surface area (Å²) in [6, 6.07) is 2.30. The lowest BCUT2D eigenvalue weighted by Gasteiger charge is -2.11. The second kappa shape index (κ2) is 3.57. The Hall–Kier alpha value is -1.36. The third-order valence-corrected chi connectivity index (χ3v) is 2.09. The quantitative estimate of drug-likeness (QED) is 0.588. The fourth-order valence-corrected chi connectivity index (χ4v) is 1.44. The van der Waals surface area contributed by atoms with Crippen LogP contribution in [0.3, 0.4) is 0 Å². The van der Waals surface area contributed by atoms with Gasteiger partial charge in [-0.1, -0.05) is 0 Å². The van der Waals surface area contributed by atoms with Gasteiger partial charge in [0, 0.05) is 18.8 Å². The van der Waals surface area contributed by atoms with E-state index in [9.17, 15) is 0 Å². The molecule has 1 aliphatic heterocycles. The molecule has 4 N–H and O–H groups in total. The Morgan fingerprint density at radius 2 is 2.54 bits per heavy atom. The van der Waals surface area contributed by atoms with Gasteiger partial charge in [0.2, 0.25) is 5.95 Å². The molecule has 1 saturated heterocycles. The molecule has 1 fully saturated rings. The van der Waals surface area contributed by atoms with Crippen LogP contribution in [0.4, 0.5) is 11.8 Å². The molecule has 0 spiro atoms. The molecule has 0 radical (unpaired) electrons. The Morgan fingerprint density at radius 1 is 1.62 bits per heavy atom. The Balaban J connectivity index is 2.00. The van der Waals surface area contributed by atoms with Crippen molar-refractivity contribution in [3.63, 3.8) is 0 Å². The van der Waals surface area contributed by atoms with Crippen molar-refractivity contribution in [1.29, 1.82) is 0 Å². The van der Waals surface area contributed by atoms with Crippen LogP contribution in [-0.4, -0.2) is 29.1 Å². The number of nitrogen functional groups attached to an aromatic ring is 1. The Morgan fingerprint density at radius 3 is 3.23 bits per heavy atom. The molecular weight excluding hydrogens is 166 g/mol. The SMILES string of the molecule is Nc1nccc(NC2CCNC2)n1. The van der Waals surface area contributed by atoms with E-state index in [-0.39, 0.29) is 0 Å². The summed E-state index contributed by atoms with van der Waals surface area (Å²) in [5, 5.41) is 6.56. The van der Waals surface area contributed by atoms with Gasteiger partial charge in [-0.15, -0.1) is 0 Å². The van der Waals surface area contributed by atoms with Crippen LogP contribution in [0.1, 0.15) is 6.42 Å². The van der Waals surface area contributed by atoms with Gasteiger partial charge in [0.1, 0.15) is 5.82 Å². The first kappa shape index (κ1) is 8.25. The predicted octanol–water partition coefficient (Wildman–Crippen LogP) is -0.167. The summed E-state index contributed by atoms with van der Waals surface area (Å²) in [6.45, 7) is 2.06. The second-order valence-corrected chi connectivity index (χ2v) is 3.13. The molecule has 0 aromatic carbocycles. The van der Waals surface area contributed by atoms with Crippen LogP contribution in [0.15, 0.2) is 12.3 Å². The number of nitrogens with one attached hydrogen (secondary N) is 2. The van der Waals surface area contributed by atoms with Crippen molar-refractivity contribution in [2.24, 2.45) is 0 Å². The van der Waals surface area contributed by atoms with Gasteiger partial charge in [-0.25, -0.2) is 4.98 Å². The molecule has 2 rings (SSSR count). The highest BCUT2D eigenvalue weighted by atomic mass is 15.1. The number of rotatable bonds is 2. The highest BCUT2D eigenvalue weighted by Crippen LogP contribution is 2.08. The zero-order valence-corrected chi connectivity index (χ0v) is 7.33. The molecule has 1 aromatic rings. The monoisotopic (exact) mass is 179 g/mol. The average Bonchev–Trinajstić information content (AvgIpc) is 2.57. The van der Waals surface area contributed by atoms with Crippen LogP contribution in [0.2, 0.25) is 0 Å². The molecule has 13 heavy (non-hydrogen) atoms. The maximum Gasteiger partial charge on any atom is 0.221 e. The summed E-state index contributed by atoms with van der Waals surface area (Å²) in [5.74, 6) is 1.12. The summed E-state index contributed by atoms with van der Waals surface area (Å²) in [5.41, 5.74) is 5.46. The lowest BCUT2D eigenvalue weighted by atomic mass is 10.2. The molecule has 1 aliphatic rings. The smallest absolute Gasteiger partial charge is 0.221 e. The molecule has 5 heteroatoms. The highest BCUT2D eigenvalue weighted by molar-refractivity contribution is 5.38. The zero-order valence-electron chi connectivity index (χ0n) is 7.33. The van der Waals surface area contributed by atoms with Gasteiger partial charge in [0.15, 0.2) is 0 Å².